The van der Waals surface area contributed by atoms with Crippen molar-refractivity contribution < 1.29 is 14.4 Å². The number of hydrogen-bond acceptors (Lipinski definition) is 4. The van der Waals surface area contributed by atoms with Gasteiger partial charge in [0.05, 0.1) is 29.6 Å². The van der Waals surface area contributed by atoms with Gasteiger partial charge in [-0.05, 0) is 31.0 Å². The van der Waals surface area contributed by atoms with Crippen LogP contribution in [0.15, 0.2) is 54.6 Å². The normalized spacial score (nSPS) is 15.4. The molecule has 0 aliphatic carbocycles. The van der Waals surface area contributed by atoms with Crippen LogP contribution in [0.5, 0.6) is 0 Å². The second kappa shape index (κ2) is 12.4. The molecule has 3 rings (SSSR count). The minimum atomic E-state index is -0.475. The summed E-state index contributed by atoms with van der Waals surface area (Å²) >= 11 is 6.19. The highest BCUT2D eigenvalue weighted by atomic mass is 35.5. The van der Waals surface area contributed by atoms with Gasteiger partial charge in [-0.1, -0.05) is 54.1 Å². The number of nitrogens with one attached hydrogen (secondary N) is 2. The summed E-state index contributed by atoms with van der Waals surface area (Å²) in [6, 6.07) is 15.9. The van der Waals surface area contributed by atoms with Crippen molar-refractivity contribution in [2.45, 2.75) is 25.8 Å². The molecule has 0 saturated carbocycles. The van der Waals surface area contributed by atoms with Gasteiger partial charge < -0.3 is 15.5 Å². The van der Waals surface area contributed by atoms with E-state index < -0.39 is 6.04 Å². The van der Waals surface area contributed by atoms with Gasteiger partial charge in [0.2, 0.25) is 11.8 Å². The molecular formula is C25H31ClN4O3. The highest BCUT2D eigenvalue weighted by Crippen LogP contribution is 2.21. The Morgan fingerprint density at radius 3 is 2.42 bits per heavy atom. The molecule has 1 fully saturated rings. The molecule has 2 N–H and O–H groups in total. The maximum Gasteiger partial charge on any atom is 0.253 e. The van der Waals surface area contributed by atoms with Crippen LogP contribution in [0.4, 0.5) is 0 Å². The molecule has 3 amide bonds. The zero-order chi connectivity index (χ0) is 23.6. The Morgan fingerprint density at radius 1 is 0.970 bits per heavy atom. The van der Waals surface area contributed by atoms with E-state index in [1.54, 1.807) is 24.3 Å². The molecule has 0 aromatic heterocycles. The van der Waals surface area contributed by atoms with Gasteiger partial charge in [-0.3, -0.25) is 19.3 Å². The molecule has 0 spiro atoms. The number of carbonyl (C=O) groups excluding carboxylic acids is 3. The van der Waals surface area contributed by atoms with Crippen molar-refractivity contribution >= 4 is 29.3 Å². The first-order chi connectivity index (χ1) is 16.0. The predicted octanol–water partition coefficient (Wildman–Crippen LogP) is 2.87. The van der Waals surface area contributed by atoms with Crippen LogP contribution in [0.25, 0.3) is 0 Å². The fourth-order valence-corrected chi connectivity index (χ4v) is 4.18. The second-order valence-corrected chi connectivity index (χ2v) is 8.49. The van der Waals surface area contributed by atoms with Gasteiger partial charge in [0, 0.05) is 32.7 Å². The number of nitrogens with zero attached hydrogens (tertiary/aromatic N) is 2. The lowest BCUT2D eigenvalue weighted by molar-refractivity contribution is -0.131. The summed E-state index contributed by atoms with van der Waals surface area (Å²) in [5.74, 6) is -0.335. The molecule has 1 aliphatic heterocycles. The average molecular weight is 471 g/mol. The molecule has 1 unspecified atom stereocenters. The third-order valence-corrected chi connectivity index (χ3v) is 6.02. The average Bonchev–Trinajstić information content (AvgIpc) is 3.05. The van der Waals surface area contributed by atoms with Gasteiger partial charge in [0.15, 0.2) is 0 Å². The van der Waals surface area contributed by atoms with Gasteiger partial charge in [0.1, 0.15) is 0 Å². The fourth-order valence-electron chi connectivity index (χ4n) is 3.96. The van der Waals surface area contributed by atoms with E-state index in [9.17, 15) is 14.4 Å². The smallest absolute Gasteiger partial charge is 0.253 e. The van der Waals surface area contributed by atoms with Crippen molar-refractivity contribution in [3.8, 4) is 0 Å². The minimum absolute atomic E-state index is 0.00343. The first-order valence-electron chi connectivity index (χ1n) is 11.3. The molecular weight excluding hydrogens is 440 g/mol. The molecule has 33 heavy (non-hydrogen) atoms. The van der Waals surface area contributed by atoms with Gasteiger partial charge in [-0.15, -0.1) is 0 Å². The predicted molar refractivity (Wildman–Crippen MR) is 129 cm³/mol. The van der Waals surface area contributed by atoms with Crippen molar-refractivity contribution in [1.29, 1.82) is 0 Å². The molecule has 0 radical (unpaired) electrons. The molecule has 1 aliphatic rings. The quantitative estimate of drug-likeness (QED) is 0.621. The zero-order valence-electron chi connectivity index (χ0n) is 18.9. The van der Waals surface area contributed by atoms with E-state index >= 15 is 0 Å². The van der Waals surface area contributed by atoms with E-state index in [0.717, 1.165) is 18.5 Å². The SMILES string of the molecule is CCNC(=O)CN1CCCN(C(=O)CC(NC(=O)c2ccccc2Cl)c2ccccc2)CC1. The standard InChI is InChI=1S/C25H31ClN4O3/c1-2-27-23(31)18-29-13-8-14-30(16-15-29)24(32)17-22(19-9-4-3-5-10-19)28-25(33)20-11-6-7-12-21(20)26/h3-7,9-12,22H,2,8,13-18H2,1H3,(H,27,31)(H,28,33). The van der Waals surface area contributed by atoms with Gasteiger partial charge in [-0.25, -0.2) is 0 Å². The molecule has 1 heterocycles. The van der Waals surface area contributed by atoms with Crippen molar-refractivity contribution in [3.63, 3.8) is 0 Å². The number of rotatable bonds is 8. The van der Waals surface area contributed by atoms with Crippen molar-refractivity contribution in [2.75, 3.05) is 39.3 Å². The van der Waals surface area contributed by atoms with Crippen LogP contribution in [-0.4, -0.2) is 66.8 Å². The number of benzene rings is 2. The fraction of sp³-hybridized carbons (Fsp3) is 0.400. The van der Waals surface area contributed by atoms with Gasteiger partial charge in [-0.2, -0.15) is 0 Å². The minimum Gasteiger partial charge on any atom is -0.355 e. The molecule has 1 atom stereocenters. The Bertz CT molecular complexity index is 954. The summed E-state index contributed by atoms with van der Waals surface area (Å²) in [7, 11) is 0. The number of hydrogen-bond donors (Lipinski definition) is 2. The van der Waals surface area contributed by atoms with Crippen molar-refractivity contribution in [2.24, 2.45) is 0 Å². The first kappa shape index (κ1) is 24.7. The van der Waals surface area contributed by atoms with Gasteiger partial charge in [0.25, 0.3) is 5.91 Å². The zero-order valence-corrected chi connectivity index (χ0v) is 19.7. The van der Waals surface area contributed by atoms with Crippen LogP contribution in [0, 0.1) is 0 Å². The van der Waals surface area contributed by atoms with Gasteiger partial charge >= 0.3 is 0 Å². The highest BCUT2D eigenvalue weighted by molar-refractivity contribution is 6.33. The molecule has 8 heteroatoms. The van der Waals surface area contributed by atoms with Crippen LogP contribution in [0.3, 0.4) is 0 Å². The van der Waals surface area contributed by atoms with Crippen LogP contribution in [0.1, 0.15) is 41.7 Å². The molecule has 2 aromatic rings. The largest absolute Gasteiger partial charge is 0.355 e. The molecule has 1 saturated heterocycles. The second-order valence-electron chi connectivity index (χ2n) is 8.08. The number of halogens is 1. The van der Waals surface area contributed by atoms with Crippen molar-refractivity contribution in [3.05, 3.63) is 70.7 Å². The Morgan fingerprint density at radius 2 is 1.70 bits per heavy atom. The molecule has 2 aromatic carbocycles. The molecule has 0 bridgehead atoms. The summed E-state index contributed by atoms with van der Waals surface area (Å²) in [5, 5.41) is 6.18. The molecule has 176 valence electrons. The monoisotopic (exact) mass is 470 g/mol. The third kappa shape index (κ3) is 7.30. The summed E-state index contributed by atoms with van der Waals surface area (Å²) in [5.41, 5.74) is 1.24. The number of carbonyl (C=O) groups is 3. The third-order valence-electron chi connectivity index (χ3n) is 5.69. The van der Waals surface area contributed by atoms with E-state index in [1.165, 1.54) is 0 Å². The molecule has 7 nitrogen and oxygen atoms in total. The van der Waals surface area contributed by atoms with Crippen LogP contribution in [-0.2, 0) is 9.59 Å². The lowest BCUT2D eigenvalue weighted by atomic mass is 10.0. The Kier molecular flexibility index (Phi) is 9.27. The highest BCUT2D eigenvalue weighted by Gasteiger charge is 2.25. The van der Waals surface area contributed by atoms with Crippen LogP contribution in [0.2, 0.25) is 5.02 Å². The summed E-state index contributed by atoms with van der Waals surface area (Å²) in [6.07, 6.45) is 0.948. The topological polar surface area (TPSA) is 81.8 Å². The first-order valence-corrected chi connectivity index (χ1v) is 11.7. The Hall–Kier alpha value is -2.90. The Labute approximate surface area is 200 Å². The van der Waals surface area contributed by atoms with E-state index in [1.807, 2.05) is 42.2 Å². The van der Waals surface area contributed by atoms with E-state index in [4.69, 9.17) is 11.6 Å². The lowest BCUT2D eigenvalue weighted by Gasteiger charge is -2.25. The Balaban J connectivity index is 1.66. The maximum absolute atomic E-state index is 13.2. The van der Waals surface area contributed by atoms with E-state index in [2.05, 4.69) is 15.5 Å². The van der Waals surface area contributed by atoms with E-state index in [-0.39, 0.29) is 24.1 Å². The summed E-state index contributed by atoms with van der Waals surface area (Å²) in [4.78, 5) is 41.9. The lowest BCUT2D eigenvalue weighted by Crippen LogP contribution is -2.41. The summed E-state index contributed by atoms with van der Waals surface area (Å²) < 4.78 is 0. The summed E-state index contributed by atoms with van der Waals surface area (Å²) in [6.45, 7) is 5.45. The maximum atomic E-state index is 13.2. The van der Waals surface area contributed by atoms with Crippen molar-refractivity contribution in [1.82, 2.24) is 20.4 Å². The van der Waals surface area contributed by atoms with E-state index in [0.29, 0.717) is 43.3 Å². The number of amides is 3. The van der Waals surface area contributed by atoms with Crippen LogP contribution >= 0.6 is 11.6 Å². The number of likely N-dealkylation sites (N-methyl/N-ethyl adjacent to an activating group) is 1. The van der Waals surface area contributed by atoms with Crippen LogP contribution < -0.4 is 10.6 Å².